The quantitative estimate of drug-likeness (QED) is 0.922. The summed E-state index contributed by atoms with van der Waals surface area (Å²) in [5.74, 6) is 0.407. The van der Waals surface area contributed by atoms with E-state index in [-0.39, 0.29) is 6.61 Å². The van der Waals surface area contributed by atoms with Gasteiger partial charge >= 0.3 is 0 Å². The molecule has 106 valence electrons. The van der Waals surface area contributed by atoms with Crippen LogP contribution in [0.5, 0.6) is 0 Å². The third kappa shape index (κ3) is 2.83. The van der Waals surface area contributed by atoms with Gasteiger partial charge in [-0.3, -0.25) is 0 Å². The van der Waals surface area contributed by atoms with Gasteiger partial charge in [-0.1, -0.05) is 19.1 Å². The number of sulfonamides is 1. The normalized spacial score (nSPS) is 21.5. The van der Waals surface area contributed by atoms with E-state index in [1.54, 1.807) is 29.4 Å². The summed E-state index contributed by atoms with van der Waals surface area (Å²) < 4.78 is 26.9. The van der Waals surface area contributed by atoms with Crippen molar-refractivity contribution in [3.8, 4) is 0 Å². The molecule has 4 nitrogen and oxygen atoms in total. The van der Waals surface area contributed by atoms with Crippen LogP contribution >= 0.6 is 0 Å². The van der Waals surface area contributed by atoms with Crippen molar-refractivity contribution in [2.75, 3.05) is 13.1 Å². The van der Waals surface area contributed by atoms with Gasteiger partial charge in [0.1, 0.15) is 0 Å². The first-order valence-corrected chi connectivity index (χ1v) is 8.10. The van der Waals surface area contributed by atoms with Gasteiger partial charge in [0.05, 0.1) is 11.5 Å². The fraction of sp³-hybridized carbons (Fsp3) is 0.571. The highest BCUT2D eigenvalue weighted by molar-refractivity contribution is 7.89. The first kappa shape index (κ1) is 14.5. The van der Waals surface area contributed by atoms with E-state index in [9.17, 15) is 13.5 Å². The van der Waals surface area contributed by atoms with Gasteiger partial charge in [-0.15, -0.1) is 0 Å². The molecule has 0 spiro atoms. The number of hydrogen-bond donors (Lipinski definition) is 1. The topological polar surface area (TPSA) is 57.6 Å². The van der Waals surface area contributed by atoms with Crippen LogP contribution in [-0.4, -0.2) is 30.9 Å². The molecule has 1 aliphatic rings. The van der Waals surface area contributed by atoms with Gasteiger partial charge in [-0.2, -0.15) is 4.31 Å². The van der Waals surface area contributed by atoms with Crippen molar-refractivity contribution in [1.29, 1.82) is 0 Å². The Kier molecular flexibility index (Phi) is 4.28. The molecule has 0 bridgehead atoms. The molecule has 1 heterocycles. The van der Waals surface area contributed by atoms with Gasteiger partial charge in [0, 0.05) is 13.1 Å². The lowest BCUT2D eigenvalue weighted by molar-refractivity contribution is 0.278. The second kappa shape index (κ2) is 5.61. The Hall–Kier alpha value is -0.910. The van der Waals surface area contributed by atoms with Crippen LogP contribution in [0.15, 0.2) is 23.1 Å². The zero-order chi connectivity index (χ0) is 14.0. The summed E-state index contributed by atoms with van der Waals surface area (Å²) in [6.45, 7) is 4.89. The summed E-state index contributed by atoms with van der Waals surface area (Å²) >= 11 is 0. The molecule has 1 unspecified atom stereocenters. The monoisotopic (exact) mass is 283 g/mol. The van der Waals surface area contributed by atoms with Crippen LogP contribution in [0.3, 0.4) is 0 Å². The summed E-state index contributed by atoms with van der Waals surface area (Å²) in [6.07, 6.45) is 2.00. The van der Waals surface area contributed by atoms with Crippen molar-refractivity contribution >= 4 is 10.0 Å². The molecule has 1 aliphatic heterocycles. The summed E-state index contributed by atoms with van der Waals surface area (Å²) in [5.41, 5.74) is 1.33. The first-order valence-electron chi connectivity index (χ1n) is 6.66. The van der Waals surface area contributed by atoms with E-state index in [4.69, 9.17) is 0 Å². The van der Waals surface area contributed by atoms with Crippen molar-refractivity contribution in [1.82, 2.24) is 4.31 Å². The van der Waals surface area contributed by atoms with E-state index >= 15 is 0 Å². The van der Waals surface area contributed by atoms with Crippen LogP contribution in [0.25, 0.3) is 0 Å². The fourth-order valence-corrected chi connectivity index (χ4v) is 4.48. The molecular weight excluding hydrogens is 262 g/mol. The first-order chi connectivity index (χ1) is 8.96. The fourth-order valence-electron chi connectivity index (χ4n) is 2.61. The van der Waals surface area contributed by atoms with E-state index in [0.29, 0.717) is 35.0 Å². The van der Waals surface area contributed by atoms with Gasteiger partial charge < -0.3 is 5.11 Å². The van der Waals surface area contributed by atoms with Crippen molar-refractivity contribution in [2.24, 2.45) is 5.92 Å². The number of rotatable bonds is 3. The lowest BCUT2D eigenvalue weighted by Crippen LogP contribution is -2.39. The van der Waals surface area contributed by atoms with E-state index in [0.717, 1.165) is 12.8 Å². The third-order valence-corrected chi connectivity index (χ3v) is 5.81. The minimum atomic E-state index is -3.44. The average Bonchev–Trinajstić information content (AvgIpc) is 2.38. The number of aliphatic hydroxyl groups excluding tert-OH is 1. The molecule has 2 rings (SSSR count). The second-order valence-electron chi connectivity index (χ2n) is 5.31. The predicted octanol–water partition coefficient (Wildman–Crippen LogP) is 1.91. The molecule has 0 aliphatic carbocycles. The van der Waals surface area contributed by atoms with Crippen molar-refractivity contribution in [3.05, 3.63) is 29.3 Å². The maximum absolute atomic E-state index is 12.7. The molecule has 1 saturated heterocycles. The molecule has 0 amide bonds. The van der Waals surface area contributed by atoms with E-state index in [2.05, 4.69) is 6.92 Å². The van der Waals surface area contributed by atoms with Crippen LogP contribution in [0.4, 0.5) is 0 Å². The molecule has 1 atom stereocenters. The molecule has 1 aromatic rings. The number of hydrogen-bond acceptors (Lipinski definition) is 3. The lowest BCUT2D eigenvalue weighted by Gasteiger charge is -2.30. The SMILES string of the molecule is Cc1c(CO)cccc1S(=O)(=O)N1CCCC(C)C1. The number of aliphatic hydroxyl groups is 1. The van der Waals surface area contributed by atoms with E-state index in [1.165, 1.54) is 0 Å². The van der Waals surface area contributed by atoms with Gasteiger partial charge in [-0.05, 0) is 42.9 Å². The van der Waals surface area contributed by atoms with Crippen molar-refractivity contribution < 1.29 is 13.5 Å². The highest BCUT2D eigenvalue weighted by Gasteiger charge is 2.30. The highest BCUT2D eigenvalue weighted by Crippen LogP contribution is 2.26. The summed E-state index contributed by atoms with van der Waals surface area (Å²) in [7, 11) is -3.44. The lowest BCUT2D eigenvalue weighted by atomic mass is 10.0. The van der Waals surface area contributed by atoms with Crippen LogP contribution in [-0.2, 0) is 16.6 Å². The molecule has 19 heavy (non-hydrogen) atoms. The summed E-state index contributed by atoms with van der Waals surface area (Å²) in [6, 6.07) is 5.08. The maximum atomic E-state index is 12.7. The minimum Gasteiger partial charge on any atom is -0.392 e. The zero-order valence-corrected chi connectivity index (χ0v) is 12.3. The summed E-state index contributed by atoms with van der Waals surface area (Å²) in [5, 5.41) is 9.25. The Labute approximate surface area is 115 Å². The van der Waals surface area contributed by atoms with E-state index in [1.807, 2.05) is 0 Å². The molecule has 0 saturated carbocycles. The third-order valence-electron chi connectivity index (χ3n) is 3.80. The Balaban J connectivity index is 2.39. The Morgan fingerprint density at radius 3 is 2.79 bits per heavy atom. The van der Waals surface area contributed by atoms with Crippen LogP contribution in [0.2, 0.25) is 0 Å². The van der Waals surface area contributed by atoms with Crippen LogP contribution < -0.4 is 0 Å². The van der Waals surface area contributed by atoms with Crippen LogP contribution in [0.1, 0.15) is 30.9 Å². The average molecular weight is 283 g/mol. The van der Waals surface area contributed by atoms with E-state index < -0.39 is 10.0 Å². The molecule has 1 aromatic carbocycles. The minimum absolute atomic E-state index is 0.133. The second-order valence-corrected chi connectivity index (χ2v) is 7.22. The maximum Gasteiger partial charge on any atom is 0.243 e. The van der Waals surface area contributed by atoms with Gasteiger partial charge in [0.25, 0.3) is 0 Å². The van der Waals surface area contributed by atoms with Crippen molar-refractivity contribution in [2.45, 2.75) is 38.2 Å². The Bertz CT molecular complexity index is 554. The van der Waals surface area contributed by atoms with Gasteiger partial charge in [0.2, 0.25) is 10.0 Å². The van der Waals surface area contributed by atoms with Gasteiger partial charge in [0.15, 0.2) is 0 Å². The molecule has 1 N–H and O–H groups in total. The predicted molar refractivity (Wildman–Crippen MR) is 74.3 cm³/mol. The number of piperidine rings is 1. The largest absolute Gasteiger partial charge is 0.392 e. The molecule has 1 fully saturated rings. The number of nitrogens with zero attached hydrogens (tertiary/aromatic N) is 1. The Morgan fingerprint density at radius 1 is 1.42 bits per heavy atom. The molecular formula is C14H21NO3S. The summed E-state index contributed by atoms with van der Waals surface area (Å²) in [4.78, 5) is 0.327. The number of benzene rings is 1. The highest BCUT2D eigenvalue weighted by atomic mass is 32.2. The molecule has 5 heteroatoms. The van der Waals surface area contributed by atoms with Crippen LogP contribution in [0, 0.1) is 12.8 Å². The Morgan fingerprint density at radius 2 is 2.16 bits per heavy atom. The smallest absolute Gasteiger partial charge is 0.243 e. The van der Waals surface area contributed by atoms with Crippen molar-refractivity contribution in [3.63, 3.8) is 0 Å². The molecule has 0 radical (unpaired) electrons. The zero-order valence-electron chi connectivity index (χ0n) is 11.5. The standard InChI is InChI=1S/C14H21NO3S/c1-11-5-4-8-15(9-11)19(17,18)14-7-3-6-13(10-16)12(14)2/h3,6-7,11,16H,4-5,8-10H2,1-2H3. The molecule has 0 aromatic heterocycles. The van der Waals surface area contributed by atoms with Gasteiger partial charge in [-0.25, -0.2) is 8.42 Å².